The molecule has 100 valence electrons. The highest BCUT2D eigenvalue weighted by Gasteiger charge is 2.20. The molecule has 3 nitrogen and oxygen atoms in total. The third kappa shape index (κ3) is 3.52. The zero-order valence-electron chi connectivity index (χ0n) is 10.4. The molecule has 0 aliphatic rings. The van der Waals surface area contributed by atoms with Crippen LogP contribution < -0.4 is 10.5 Å². The standard InChI is InChI=1S/C14H14BrFN2O/c1-9(17)14(12-4-2-3-7-18-12)19-13-6-5-10(16)8-11(13)15/h2-9,14H,17H2,1H3. The highest BCUT2D eigenvalue weighted by molar-refractivity contribution is 9.10. The molecular formula is C14H14BrFN2O. The van der Waals surface area contributed by atoms with Crippen molar-refractivity contribution < 1.29 is 9.13 Å². The van der Waals surface area contributed by atoms with E-state index >= 15 is 0 Å². The summed E-state index contributed by atoms with van der Waals surface area (Å²) in [4.78, 5) is 4.25. The van der Waals surface area contributed by atoms with Crippen LogP contribution in [0.2, 0.25) is 0 Å². The second kappa shape index (κ2) is 6.12. The molecule has 0 saturated carbocycles. The van der Waals surface area contributed by atoms with Gasteiger partial charge in [-0.15, -0.1) is 0 Å². The van der Waals surface area contributed by atoms with E-state index in [1.807, 2.05) is 25.1 Å². The van der Waals surface area contributed by atoms with Crippen LogP contribution in [0.4, 0.5) is 4.39 Å². The Bertz CT molecular complexity index is 548. The van der Waals surface area contributed by atoms with Gasteiger partial charge in [0.05, 0.1) is 10.2 Å². The molecule has 2 N–H and O–H groups in total. The summed E-state index contributed by atoms with van der Waals surface area (Å²) in [6, 6.07) is 9.58. The van der Waals surface area contributed by atoms with Gasteiger partial charge in [0.2, 0.25) is 0 Å². The van der Waals surface area contributed by atoms with Crippen molar-refractivity contribution in [3.8, 4) is 5.75 Å². The number of benzene rings is 1. The molecule has 1 aromatic heterocycles. The number of nitrogens with zero attached hydrogens (tertiary/aromatic N) is 1. The van der Waals surface area contributed by atoms with Crippen molar-refractivity contribution in [2.45, 2.75) is 19.1 Å². The van der Waals surface area contributed by atoms with Crippen molar-refractivity contribution >= 4 is 15.9 Å². The SMILES string of the molecule is CC(N)C(Oc1ccc(F)cc1Br)c1ccccn1. The topological polar surface area (TPSA) is 48.1 Å². The molecule has 2 unspecified atom stereocenters. The van der Waals surface area contributed by atoms with E-state index in [9.17, 15) is 4.39 Å². The van der Waals surface area contributed by atoms with Crippen LogP contribution in [-0.4, -0.2) is 11.0 Å². The van der Waals surface area contributed by atoms with Crippen molar-refractivity contribution in [3.05, 3.63) is 58.6 Å². The third-order valence-corrected chi connectivity index (χ3v) is 3.22. The Morgan fingerprint density at radius 3 is 2.68 bits per heavy atom. The van der Waals surface area contributed by atoms with Crippen LogP contribution in [0.5, 0.6) is 5.75 Å². The number of halogens is 2. The van der Waals surface area contributed by atoms with E-state index in [-0.39, 0.29) is 18.0 Å². The Labute approximate surface area is 119 Å². The van der Waals surface area contributed by atoms with E-state index in [2.05, 4.69) is 20.9 Å². The van der Waals surface area contributed by atoms with E-state index in [1.165, 1.54) is 12.1 Å². The summed E-state index contributed by atoms with van der Waals surface area (Å²) in [7, 11) is 0. The van der Waals surface area contributed by atoms with Crippen LogP contribution in [0.25, 0.3) is 0 Å². The summed E-state index contributed by atoms with van der Waals surface area (Å²) < 4.78 is 19.4. The zero-order chi connectivity index (χ0) is 13.8. The minimum absolute atomic E-state index is 0.244. The third-order valence-electron chi connectivity index (χ3n) is 2.60. The number of nitrogens with two attached hydrogens (primary N) is 1. The predicted octanol–water partition coefficient (Wildman–Crippen LogP) is 3.45. The number of aromatic nitrogens is 1. The highest BCUT2D eigenvalue weighted by Crippen LogP contribution is 2.30. The average Bonchev–Trinajstić information content (AvgIpc) is 2.38. The molecule has 0 aliphatic carbocycles. The molecule has 0 spiro atoms. The number of hydrogen-bond acceptors (Lipinski definition) is 3. The van der Waals surface area contributed by atoms with Gasteiger partial charge in [-0.3, -0.25) is 4.98 Å². The summed E-state index contributed by atoms with van der Waals surface area (Å²) in [6.07, 6.45) is 1.30. The van der Waals surface area contributed by atoms with Crippen LogP contribution >= 0.6 is 15.9 Å². The number of pyridine rings is 1. The van der Waals surface area contributed by atoms with Crippen LogP contribution in [0, 0.1) is 5.82 Å². The number of ether oxygens (including phenoxy) is 1. The Morgan fingerprint density at radius 1 is 1.32 bits per heavy atom. The van der Waals surface area contributed by atoms with Gasteiger partial charge in [-0.05, 0) is 53.2 Å². The average molecular weight is 325 g/mol. The molecule has 0 fully saturated rings. The van der Waals surface area contributed by atoms with Crippen molar-refractivity contribution in [1.29, 1.82) is 0 Å². The molecule has 0 bridgehead atoms. The Morgan fingerprint density at radius 2 is 2.11 bits per heavy atom. The quantitative estimate of drug-likeness (QED) is 0.937. The normalized spacial score (nSPS) is 13.9. The molecule has 1 heterocycles. The molecule has 2 atom stereocenters. The first-order chi connectivity index (χ1) is 9.08. The fourth-order valence-electron chi connectivity index (χ4n) is 1.69. The lowest BCUT2D eigenvalue weighted by molar-refractivity contribution is 0.174. The van der Waals surface area contributed by atoms with Crippen LogP contribution in [0.3, 0.4) is 0 Å². The Kier molecular flexibility index (Phi) is 4.50. The van der Waals surface area contributed by atoms with Crippen LogP contribution in [0.1, 0.15) is 18.7 Å². The lowest BCUT2D eigenvalue weighted by Crippen LogP contribution is -2.29. The zero-order valence-corrected chi connectivity index (χ0v) is 12.0. The van der Waals surface area contributed by atoms with Gasteiger partial charge in [-0.2, -0.15) is 0 Å². The van der Waals surface area contributed by atoms with Gasteiger partial charge in [-0.25, -0.2) is 4.39 Å². The van der Waals surface area contributed by atoms with E-state index in [0.29, 0.717) is 10.2 Å². The monoisotopic (exact) mass is 324 g/mol. The summed E-state index contributed by atoms with van der Waals surface area (Å²) in [5, 5.41) is 0. The van der Waals surface area contributed by atoms with Gasteiger partial charge in [0, 0.05) is 12.2 Å². The molecule has 0 radical (unpaired) electrons. The molecular weight excluding hydrogens is 311 g/mol. The van der Waals surface area contributed by atoms with Gasteiger partial charge in [0.1, 0.15) is 11.6 Å². The molecule has 5 heteroatoms. The smallest absolute Gasteiger partial charge is 0.155 e. The summed E-state index contributed by atoms with van der Waals surface area (Å²) >= 11 is 3.27. The maximum atomic E-state index is 13.0. The van der Waals surface area contributed by atoms with Crippen molar-refractivity contribution in [3.63, 3.8) is 0 Å². The molecule has 2 aromatic rings. The van der Waals surface area contributed by atoms with E-state index < -0.39 is 0 Å². The Hall–Kier alpha value is -1.46. The maximum absolute atomic E-state index is 13.0. The summed E-state index contributed by atoms with van der Waals surface area (Å²) in [6.45, 7) is 1.84. The summed E-state index contributed by atoms with van der Waals surface area (Å²) in [5.74, 6) is 0.212. The van der Waals surface area contributed by atoms with Crippen molar-refractivity contribution in [2.75, 3.05) is 0 Å². The lowest BCUT2D eigenvalue weighted by atomic mass is 10.1. The largest absolute Gasteiger partial charge is 0.481 e. The minimum Gasteiger partial charge on any atom is -0.481 e. The van der Waals surface area contributed by atoms with Crippen molar-refractivity contribution in [2.24, 2.45) is 5.73 Å². The second-order valence-electron chi connectivity index (χ2n) is 4.23. The van der Waals surface area contributed by atoms with E-state index in [4.69, 9.17) is 10.5 Å². The fraction of sp³-hybridized carbons (Fsp3) is 0.214. The molecule has 2 rings (SSSR count). The van der Waals surface area contributed by atoms with Gasteiger partial charge in [0.15, 0.2) is 6.10 Å². The fourth-order valence-corrected chi connectivity index (χ4v) is 2.13. The Balaban J connectivity index is 2.27. The maximum Gasteiger partial charge on any atom is 0.155 e. The lowest BCUT2D eigenvalue weighted by Gasteiger charge is -2.22. The minimum atomic E-state index is -0.386. The number of hydrogen-bond donors (Lipinski definition) is 1. The van der Waals surface area contributed by atoms with Gasteiger partial charge in [-0.1, -0.05) is 6.07 Å². The molecule has 0 saturated heterocycles. The molecule has 1 aromatic carbocycles. The molecule has 19 heavy (non-hydrogen) atoms. The van der Waals surface area contributed by atoms with Gasteiger partial charge in [0.25, 0.3) is 0 Å². The first kappa shape index (κ1) is 14.0. The van der Waals surface area contributed by atoms with Gasteiger partial charge < -0.3 is 10.5 Å². The summed E-state index contributed by atoms with van der Waals surface area (Å²) in [5.41, 5.74) is 6.69. The second-order valence-corrected chi connectivity index (χ2v) is 5.08. The predicted molar refractivity (Wildman–Crippen MR) is 75.4 cm³/mol. The van der Waals surface area contributed by atoms with Crippen LogP contribution in [0.15, 0.2) is 47.1 Å². The number of rotatable bonds is 4. The van der Waals surface area contributed by atoms with E-state index in [0.717, 1.165) is 5.69 Å². The molecule has 0 aliphatic heterocycles. The first-order valence-electron chi connectivity index (χ1n) is 5.86. The van der Waals surface area contributed by atoms with Gasteiger partial charge >= 0.3 is 0 Å². The highest BCUT2D eigenvalue weighted by atomic mass is 79.9. The molecule has 0 amide bonds. The first-order valence-corrected chi connectivity index (χ1v) is 6.65. The van der Waals surface area contributed by atoms with Crippen LogP contribution in [-0.2, 0) is 0 Å². The van der Waals surface area contributed by atoms with Crippen molar-refractivity contribution in [1.82, 2.24) is 4.98 Å². The van der Waals surface area contributed by atoms with E-state index in [1.54, 1.807) is 12.3 Å².